The monoisotopic (exact) mass is 310 g/mol. The number of carbonyl (C=O) groups is 2. The van der Waals surface area contributed by atoms with Crippen molar-refractivity contribution in [1.82, 2.24) is 10.3 Å². The van der Waals surface area contributed by atoms with Gasteiger partial charge in [0.05, 0.1) is 7.11 Å². The molecule has 0 aliphatic heterocycles. The van der Waals surface area contributed by atoms with Gasteiger partial charge in [0, 0.05) is 23.3 Å². The van der Waals surface area contributed by atoms with Crippen LogP contribution in [-0.4, -0.2) is 24.0 Å². The number of amides is 1. The van der Waals surface area contributed by atoms with Crippen LogP contribution in [0.2, 0.25) is 0 Å². The number of esters is 1. The summed E-state index contributed by atoms with van der Waals surface area (Å²) in [7, 11) is 1.26. The lowest BCUT2D eigenvalue weighted by molar-refractivity contribution is -0.143. The third kappa shape index (κ3) is 3.06. The molecule has 6 nitrogen and oxygen atoms in total. The van der Waals surface area contributed by atoms with Gasteiger partial charge in [0.25, 0.3) is 5.91 Å². The summed E-state index contributed by atoms with van der Waals surface area (Å²) in [4.78, 5) is 28.3. The predicted octanol–water partition coefficient (Wildman–Crippen LogP) is 2.47. The Kier molecular flexibility index (Phi) is 4.05. The van der Waals surface area contributed by atoms with Gasteiger partial charge in [-0.05, 0) is 18.2 Å². The maximum absolute atomic E-state index is 12.4. The van der Waals surface area contributed by atoms with E-state index in [1.54, 1.807) is 30.5 Å². The minimum absolute atomic E-state index is 0.129. The smallest absolute Gasteiger partial charge is 0.333 e. The van der Waals surface area contributed by atoms with E-state index in [1.165, 1.54) is 13.3 Å². The number of rotatable bonds is 4. The van der Waals surface area contributed by atoms with Crippen molar-refractivity contribution in [3.63, 3.8) is 0 Å². The molecule has 1 N–H and O–H groups in total. The molecular weight excluding hydrogens is 296 g/mol. The first-order chi connectivity index (χ1) is 11.2. The summed E-state index contributed by atoms with van der Waals surface area (Å²) < 4.78 is 10.3. The zero-order valence-electron chi connectivity index (χ0n) is 12.4. The van der Waals surface area contributed by atoms with Crippen LogP contribution >= 0.6 is 0 Å². The molecule has 23 heavy (non-hydrogen) atoms. The second kappa shape index (κ2) is 6.31. The molecule has 3 aromatic rings. The molecule has 0 fully saturated rings. The number of ether oxygens (including phenoxy) is 1. The van der Waals surface area contributed by atoms with Gasteiger partial charge in [-0.3, -0.25) is 9.78 Å². The van der Waals surface area contributed by atoms with Crippen LogP contribution in [0.5, 0.6) is 0 Å². The highest BCUT2D eigenvalue weighted by molar-refractivity contribution is 5.98. The number of fused-ring (bicyclic) bond motifs is 1. The number of pyridine rings is 1. The van der Waals surface area contributed by atoms with E-state index in [0.717, 1.165) is 5.39 Å². The number of nitrogens with one attached hydrogen (secondary N) is 1. The molecular formula is C17H14N2O4. The number of furan rings is 1. The van der Waals surface area contributed by atoms with Crippen molar-refractivity contribution < 1.29 is 18.7 Å². The van der Waals surface area contributed by atoms with Crippen molar-refractivity contribution in [3.8, 4) is 0 Å². The highest BCUT2D eigenvalue weighted by Gasteiger charge is 2.25. The van der Waals surface area contributed by atoms with E-state index >= 15 is 0 Å². The lowest BCUT2D eigenvalue weighted by Crippen LogP contribution is -2.34. The van der Waals surface area contributed by atoms with Crippen LogP contribution in [0.4, 0.5) is 0 Å². The highest BCUT2D eigenvalue weighted by Crippen LogP contribution is 2.20. The van der Waals surface area contributed by atoms with Crippen LogP contribution in [0.15, 0.2) is 59.3 Å². The summed E-state index contributed by atoms with van der Waals surface area (Å²) >= 11 is 0. The van der Waals surface area contributed by atoms with Crippen LogP contribution in [-0.2, 0) is 9.53 Å². The second-order valence-corrected chi connectivity index (χ2v) is 4.86. The van der Waals surface area contributed by atoms with Crippen LogP contribution in [0.1, 0.15) is 22.2 Å². The van der Waals surface area contributed by atoms with Gasteiger partial charge in [0.15, 0.2) is 11.8 Å². The van der Waals surface area contributed by atoms with Crippen LogP contribution < -0.4 is 5.32 Å². The van der Waals surface area contributed by atoms with Crippen molar-refractivity contribution in [2.24, 2.45) is 0 Å². The van der Waals surface area contributed by atoms with Gasteiger partial charge in [0.1, 0.15) is 5.58 Å². The Hall–Kier alpha value is -3.15. The number of hydrogen-bond acceptors (Lipinski definition) is 5. The summed E-state index contributed by atoms with van der Waals surface area (Å²) in [5, 5.41) is 3.43. The van der Waals surface area contributed by atoms with E-state index in [2.05, 4.69) is 10.3 Å². The molecule has 1 atom stereocenters. The third-order valence-corrected chi connectivity index (χ3v) is 3.38. The zero-order chi connectivity index (χ0) is 16.2. The van der Waals surface area contributed by atoms with Gasteiger partial charge >= 0.3 is 5.97 Å². The average Bonchev–Trinajstić information content (AvgIpc) is 3.04. The van der Waals surface area contributed by atoms with Gasteiger partial charge in [-0.1, -0.05) is 24.3 Å². The lowest BCUT2D eigenvalue weighted by Gasteiger charge is -2.15. The zero-order valence-corrected chi connectivity index (χ0v) is 12.4. The van der Waals surface area contributed by atoms with E-state index in [1.807, 2.05) is 18.2 Å². The van der Waals surface area contributed by atoms with Crippen molar-refractivity contribution in [2.45, 2.75) is 6.04 Å². The Balaban J connectivity index is 1.87. The Labute approximate surface area is 132 Å². The molecule has 0 saturated heterocycles. The molecule has 0 saturated carbocycles. The minimum Gasteiger partial charge on any atom is -0.467 e. The topological polar surface area (TPSA) is 81.4 Å². The fraction of sp³-hybridized carbons (Fsp3) is 0.118. The lowest BCUT2D eigenvalue weighted by atomic mass is 10.1. The molecule has 2 heterocycles. The molecule has 0 aliphatic carbocycles. The standard InChI is InChI=1S/C17H14N2O4/c1-22-17(21)15(12-6-4-8-18-10-12)19-16(20)14-9-11-5-2-3-7-13(11)23-14/h2-10,15H,1H3,(H,19,20). The van der Waals surface area contributed by atoms with Gasteiger partial charge in [-0.15, -0.1) is 0 Å². The Morgan fingerprint density at radius 3 is 2.74 bits per heavy atom. The maximum atomic E-state index is 12.4. The largest absolute Gasteiger partial charge is 0.467 e. The molecule has 0 aliphatic rings. The van der Waals surface area contributed by atoms with Crippen molar-refractivity contribution in [3.05, 3.63) is 66.2 Å². The number of para-hydroxylation sites is 1. The van der Waals surface area contributed by atoms with E-state index in [4.69, 9.17) is 9.15 Å². The third-order valence-electron chi connectivity index (χ3n) is 3.38. The van der Waals surface area contributed by atoms with Gasteiger partial charge in [-0.25, -0.2) is 4.79 Å². The molecule has 0 radical (unpaired) electrons. The first-order valence-electron chi connectivity index (χ1n) is 6.96. The Morgan fingerprint density at radius 2 is 2.04 bits per heavy atom. The molecule has 0 bridgehead atoms. The second-order valence-electron chi connectivity index (χ2n) is 4.86. The summed E-state index contributed by atoms with van der Waals surface area (Å²) in [6, 6.07) is 11.3. The number of carbonyl (C=O) groups excluding carboxylic acids is 2. The van der Waals surface area contributed by atoms with Gasteiger partial charge in [-0.2, -0.15) is 0 Å². The molecule has 3 rings (SSSR count). The quantitative estimate of drug-likeness (QED) is 0.749. The van der Waals surface area contributed by atoms with E-state index in [9.17, 15) is 9.59 Å². The van der Waals surface area contributed by atoms with E-state index in [-0.39, 0.29) is 5.76 Å². The SMILES string of the molecule is COC(=O)C(NC(=O)c1cc2ccccc2o1)c1cccnc1. The first kappa shape index (κ1) is 14.8. The summed E-state index contributed by atoms with van der Waals surface area (Å²) in [5.74, 6) is -0.952. The summed E-state index contributed by atoms with van der Waals surface area (Å²) in [6.07, 6.45) is 3.08. The van der Waals surface area contributed by atoms with E-state index in [0.29, 0.717) is 11.1 Å². The fourth-order valence-corrected chi connectivity index (χ4v) is 2.24. The molecule has 2 aromatic heterocycles. The minimum atomic E-state index is -0.950. The summed E-state index contributed by atoms with van der Waals surface area (Å²) in [6.45, 7) is 0. The number of nitrogens with zero attached hydrogens (tertiary/aromatic N) is 1. The molecule has 1 unspecified atom stereocenters. The molecule has 116 valence electrons. The maximum Gasteiger partial charge on any atom is 0.333 e. The number of benzene rings is 1. The Bertz CT molecular complexity index is 809. The van der Waals surface area contributed by atoms with E-state index < -0.39 is 17.9 Å². The first-order valence-corrected chi connectivity index (χ1v) is 6.96. The molecule has 1 aromatic carbocycles. The van der Waals surface area contributed by atoms with Crippen molar-refractivity contribution >= 4 is 22.8 Å². The van der Waals surface area contributed by atoms with Gasteiger partial charge < -0.3 is 14.5 Å². The van der Waals surface area contributed by atoms with Crippen molar-refractivity contribution in [2.75, 3.05) is 7.11 Å². The Morgan fingerprint density at radius 1 is 1.22 bits per heavy atom. The van der Waals surface area contributed by atoms with Crippen LogP contribution in [0.25, 0.3) is 11.0 Å². The number of hydrogen-bond donors (Lipinski definition) is 1. The van der Waals surface area contributed by atoms with Crippen LogP contribution in [0.3, 0.4) is 0 Å². The normalized spacial score (nSPS) is 11.9. The summed E-state index contributed by atoms with van der Waals surface area (Å²) in [5.41, 5.74) is 1.14. The average molecular weight is 310 g/mol. The fourth-order valence-electron chi connectivity index (χ4n) is 2.24. The van der Waals surface area contributed by atoms with Gasteiger partial charge in [0.2, 0.25) is 0 Å². The number of methoxy groups -OCH3 is 1. The van der Waals surface area contributed by atoms with Crippen molar-refractivity contribution in [1.29, 1.82) is 0 Å². The van der Waals surface area contributed by atoms with Crippen LogP contribution in [0, 0.1) is 0 Å². The number of aromatic nitrogens is 1. The highest BCUT2D eigenvalue weighted by atomic mass is 16.5. The molecule has 1 amide bonds. The molecule has 0 spiro atoms. The predicted molar refractivity (Wildman–Crippen MR) is 82.7 cm³/mol. The molecule has 6 heteroatoms.